The Morgan fingerprint density at radius 1 is 0.900 bits per heavy atom. The molecule has 0 radical (unpaired) electrons. The summed E-state index contributed by atoms with van der Waals surface area (Å²) in [5, 5.41) is 0. The first-order valence-electron chi connectivity index (χ1n) is 11.0. The zero-order valence-electron chi connectivity index (χ0n) is 17.2. The fourth-order valence-corrected chi connectivity index (χ4v) is 6.11. The molecule has 0 bridgehead atoms. The first-order valence-corrected chi connectivity index (χ1v) is 11.8. The third-order valence-electron chi connectivity index (χ3n) is 6.78. The molecule has 1 heterocycles. The lowest BCUT2D eigenvalue weighted by molar-refractivity contribution is 0.0399. The molecule has 0 amide bonds. The summed E-state index contributed by atoms with van der Waals surface area (Å²) in [6, 6.07) is 29.0. The molecule has 1 aliphatic heterocycles. The molecule has 1 fully saturated rings. The zero-order valence-corrected chi connectivity index (χ0v) is 18.8. The van der Waals surface area contributed by atoms with Gasteiger partial charge in [0.2, 0.25) is 0 Å². The average molecular weight is 462 g/mol. The van der Waals surface area contributed by atoms with Crippen LogP contribution in [0.3, 0.4) is 0 Å². The number of halogens is 1. The first kappa shape index (κ1) is 20.0. The van der Waals surface area contributed by atoms with Crippen molar-refractivity contribution >= 4 is 15.9 Å². The third kappa shape index (κ3) is 3.99. The van der Waals surface area contributed by atoms with E-state index in [-0.39, 0.29) is 0 Å². The van der Waals surface area contributed by atoms with Crippen LogP contribution in [-0.2, 0) is 17.8 Å². The highest BCUT2D eigenvalue weighted by molar-refractivity contribution is 9.10. The molecule has 5 rings (SSSR count). The standard InChI is InChI=1S/C27H28BrNO/c28-24-13-7-12-22-14-15-25-23(27(22)24)16-17-29(25)26(21-10-5-2-6-11-21)19-30-18-20-8-3-1-4-9-20/h1-13,23,25-26H,14-19H2/t23-,25-,26?/m1/s1. The van der Waals surface area contributed by atoms with E-state index >= 15 is 0 Å². The normalized spacial score (nSPS) is 21.8. The van der Waals surface area contributed by atoms with E-state index in [1.54, 1.807) is 5.56 Å². The minimum absolute atomic E-state index is 0.300. The summed E-state index contributed by atoms with van der Waals surface area (Å²) in [6.07, 6.45) is 3.62. The van der Waals surface area contributed by atoms with E-state index in [2.05, 4.69) is 99.7 Å². The van der Waals surface area contributed by atoms with E-state index in [0.29, 0.717) is 24.6 Å². The molecule has 154 valence electrons. The molecular weight excluding hydrogens is 434 g/mol. The molecule has 2 aliphatic rings. The number of rotatable bonds is 6. The van der Waals surface area contributed by atoms with E-state index in [0.717, 1.165) is 13.2 Å². The van der Waals surface area contributed by atoms with Gasteiger partial charge < -0.3 is 4.74 Å². The molecule has 0 spiro atoms. The van der Waals surface area contributed by atoms with Gasteiger partial charge in [0, 0.05) is 16.4 Å². The van der Waals surface area contributed by atoms with Crippen LogP contribution in [0, 0.1) is 0 Å². The molecule has 0 aromatic heterocycles. The van der Waals surface area contributed by atoms with Crippen molar-refractivity contribution in [3.8, 4) is 0 Å². The Kier molecular flexibility index (Phi) is 6.03. The van der Waals surface area contributed by atoms with E-state index in [4.69, 9.17) is 4.74 Å². The maximum Gasteiger partial charge on any atom is 0.0717 e. The second-order valence-corrected chi connectivity index (χ2v) is 9.33. The quantitative estimate of drug-likeness (QED) is 0.414. The molecule has 2 nitrogen and oxygen atoms in total. The second-order valence-electron chi connectivity index (χ2n) is 8.48. The molecule has 1 unspecified atom stereocenters. The van der Waals surface area contributed by atoms with Crippen LogP contribution < -0.4 is 0 Å². The Balaban J connectivity index is 1.38. The Morgan fingerprint density at radius 2 is 1.67 bits per heavy atom. The Bertz CT molecular complexity index is 975. The van der Waals surface area contributed by atoms with E-state index < -0.39 is 0 Å². The summed E-state index contributed by atoms with van der Waals surface area (Å²) >= 11 is 3.85. The van der Waals surface area contributed by atoms with Crippen LogP contribution in [0.25, 0.3) is 0 Å². The van der Waals surface area contributed by atoms with Gasteiger partial charge in [0.15, 0.2) is 0 Å². The number of benzene rings is 3. The van der Waals surface area contributed by atoms with Crippen molar-refractivity contribution in [1.82, 2.24) is 4.90 Å². The number of hydrogen-bond donors (Lipinski definition) is 0. The minimum atomic E-state index is 0.300. The fraction of sp³-hybridized carbons (Fsp3) is 0.333. The SMILES string of the molecule is Brc1cccc2c1[C@@H]1CCN(C(COCc3ccccc3)c3ccccc3)[C@@H]1CC2. The predicted octanol–water partition coefficient (Wildman–Crippen LogP) is 6.51. The zero-order chi connectivity index (χ0) is 20.3. The molecule has 3 aromatic rings. The molecule has 1 aliphatic carbocycles. The van der Waals surface area contributed by atoms with Crippen LogP contribution >= 0.6 is 15.9 Å². The largest absolute Gasteiger partial charge is 0.375 e. The van der Waals surface area contributed by atoms with Crippen molar-refractivity contribution in [1.29, 1.82) is 0 Å². The van der Waals surface area contributed by atoms with Gasteiger partial charge in [0.1, 0.15) is 0 Å². The van der Waals surface area contributed by atoms with Crippen LogP contribution in [0.4, 0.5) is 0 Å². The monoisotopic (exact) mass is 461 g/mol. The molecule has 30 heavy (non-hydrogen) atoms. The van der Waals surface area contributed by atoms with Crippen molar-refractivity contribution in [2.45, 2.75) is 43.9 Å². The van der Waals surface area contributed by atoms with Crippen molar-refractivity contribution in [2.75, 3.05) is 13.2 Å². The topological polar surface area (TPSA) is 12.5 Å². The van der Waals surface area contributed by atoms with Gasteiger partial charge in [-0.25, -0.2) is 0 Å². The van der Waals surface area contributed by atoms with Gasteiger partial charge in [-0.1, -0.05) is 88.7 Å². The highest BCUT2D eigenvalue weighted by atomic mass is 79.9. The molecular formula is C27H28BrNO. The van der Waals surface area contributed by atoms with Crippen molar-refractivity contribution in [3.63, 3.8) is 0 Å². The molecule has 1 saturated heterocycles. The molecule has 3 aromatic carbocycles. The molecule has 0 N–H and O–H groups in total. The van der Waals surface area contributed by atoms with Gasteiger partial charge in [0.05, 0.1) is 19.3 Å². The smallest absolute Gasteiger partial charge is 0.0717 e. The van der Waals surface area contributed by atoms with Crippen LogP contribution in [0.5, 0.6) is 0 Å². The first-order chi connectivity index (χ1) is 14.8. The van der Waals surface area contributed by atoms with Gasteiger partial charge in [0.25, 0.3) is 0 Å². The van der Waals surface area contributed by atoms with Crippen molar-refractivity contribution in [3.05, 3.63) is 106 Å². The summed E-state index contributed by atoms with van der Waals surface area (Å²) in [5.41, 5.74) is 5.68. The number of likely N-dealkylation sites (tertiary alicyclic amines) is 1. The van der Waals surface area contributed by atoms with E-state index in [9.17, 15) is 0 Å². The van der Waals surface area contributed by atoms with Gasteiger partial charge in [-0.3, -0.25) is 4.90 Å². The Hall–Kier alpha value is -1.94. The van der Waals surface area contributed by atoms with Gasteiger partial charge >= 0.3 is 0 Å². The Morgan fingerprint density at radius 3 is 2.47 bits per heavy atom. The highest BCUT2D eigenvalue weighted by Crippen LogP contribution is 2.47. The maximum absolute atomic E-state index is 6.27. The Labute approximate surface area is 188 Å². The lowest BCUT2D eigenvalue weighted by atomic mass is 9.79. The van der Waals surface area contributed by atoms with Gasteiger partial charge in [-0.2, -0.15) is 0 Å². The van der Waals surface area contributed by atoms with Crippen LogP contribution in [-0.4, -0.2) is 24.1 Å². The predicted molar refractivity (Wildman–Crippen MR) is 126 cm³/mol. The van der Waals surface area contributed by atoms with Gasteiger partial charge in [-0.15, -0.1) is 0 Å². The third-order valence-corrected chi connectivity index (χ3v) is 7.48. The van der Waals surface area contributed by atoms with E-state index in [1.165, 1.54) is 40.4 Å². The average Bonchev–Trinajstić information content (AvgIpc) is 3.22. The second kappa shape index (κ2) is 9.05. The number of ether oxygens (including phenoxy) is 1. The molecule has 3 atom stereocenters. The summed E-state index contributed by atoms with van der Waals surface area (Å²) in [6.45, 7) is 2.52. The van der Waals surface area contributed by atoms with Crippen molar-refractivity contribution < 1.29 is 4.74 Å². The highest BCUT2D eigenvalue weighted by Gasteiger charge is 2.42. The summed E-state index contributed by atoms with van der Waals surface area (Å²) in [7, 11) is 0. The van der Waals surface area contributed by atoms with E-state index in [1.807, 2.05) is 0 Å². The minimum Gasteiger partial charge on any atom is -0.375 e. The summed E-state index contributed by atoms with van der Waals surface area (Å²) in [4.78, 5) is 2.73. The number of nitrogens with zero attached hydrogens (tertiary/aromatic N) is 1. The fourth-order valence-electron chi connectivity index (χ4n) is 5.41. The molecule has 0 saturated carbocycles. The van der Waals surface area contributed by atoms with Crippen LogP contribution in [0.15, 0.2) is 83.3 Å². The number of fused-ring (bicyclic) bond motifs is 3. The van der Waals surface area contributed by atoms with Crippen molar-refractivity contribution in [2.24, 2.45) is 0 Å². The lowest BCUT2D eigenvalue weighted by Crippen LogP contribution is -2.39. The number of hydrogen-bond acceptors (Lipinski definition) is 2. The van der Waals surface area contributed by atoms with Crippen LogP contribution in [0.2, 0.25) is 0 Å². The maximum atomic E-state index is 6.27. The summed E-state index contributed by atoms with van der Waals surface area (Å²) < 4.78 is 7.56. The number of aryl methyl sites for hydroxylation is 1. The van der Waals surface area contributed by atoms with Gasteiger partial charge in [-0.05, 0) is 54.1 Å². The lowest BCUT2D eigenvalue weighted by Gasteiger charge is -2.38. The summed E-state index contributed by atoms with van der Waals surface area (Å²) in [5.74, 6) is 0.615. The molecule has 3 heteroatoms. The van der Waals surface area contributed by atoms with Crippen LogP contribution in [0.1, 0.15) is 47.1 Å².